The van der Waals surface area contributed by atoms with Gasteiger partial charge in [-0.05, 0) is 75.5 Å². The summed E-state index contributed by atoms with van der Waals surface area (Å²) in [6.45, 7) is 10.7. The highest BCUT2D eigenvalue weighted by atomic mass is 16.6. The van der Waals surface area contributed by atoms with Gasteiger partial charge in [0.1, 0.15) is 11.7 Å². The van der Waals surface area contributed by atoms with Gasteiger partial charge < -0.3 is 20.1 Å². The molecule has 4 aliphatic rings. The van der Waals surface area contributed by atoms with Gasteiger partial charge >= 0.3 is 0 Å². The summed E-state index contributed by atoms with van der Waals surface area (Å²) in [6.07, 6.45) is 14.1. The first kappa shape index (κ1) is 23.5. The number of aliphatic hydroxyl groups is 3. The van der Waals surface area contributed by atoms with Crippen LogP contribution in [0.25, 0.3) is 0 Å². The van der Waals surface area contributed by atoms with Crippen LogP contribution < -0.4 is 0 Å². The van der Waals surface area contributed by atoms with E-state index in [0.29, 0.717) is 42.4 Å². The Hall–Kier alpha value is -0.680. The van der Waals surface area contributed by atoms with E-state index < -0.39 is 17.8 Å². The first-order valence-corrected chi connectivity index (χ1v) is 12.6. The van der Waals surface area contributed by atoms with Crippen molar-refractivity contribution in [1.29, 1.82) is 0 Å². The monoisotopic (exact) mass is 432 g/mol. The number of aliphatic hydroxyl groups excluding tert-OH is 2. The van der Waals surface area contributed by atoms with Crippen LogP contribution in [0.15, 0.2) is 23.8 Å². The topological polar surface area (TPSA) is 73.2 Å². The maximum Gasteiger partial charge on any atom is 0.106 e. The molecule has 1 spiro atoms. The number of rotatable bonds is 5. The van der Waals surface area contributed by atoms with Crippen molar-refractivity contribution in [3.63, 3.8) is 0 Å². The molecule has 0 aromatic heterocycles. The average Bonchev–Trinajstić information content (AvgIpc) is 3.13. The molecule has 176 valence electrons. The molecule has 3 aliphatic carbocycles. The SMILES string of the molecule is C[C@H](/C=C/[C@H](C)C(C)(C)O)[C@H]1CC[C@H]2C(=CC3OC34C[C@@H](O)C[C@H](O)C4)CCC[C@]12C. The van der Waals surface area contributed by atoms with Gasteiger partial charge in [-0.3, -0.25) is 0 Å². The molecule has 4 fully saturated rings. The van der Waals surface area contributed by atoms with Crippen LogP contribution in [0.5, 0.6) is 0 Å². The molecule has 4 nitrogen and oxygen atoms in total. The van der Waals surface area contributed by atoms with Crippen molar-refractivity contribution >= 4 is 0 Å². The Bertz CT molecular complexity index is 709. The predicted octanol–water partition coefficient (Wildman–Crippen LogP) is 4.77. The van der Waals surface area contributed by atoms with Crippen molar-refractivity contribution in [2.24, 2.45) is 29.1 Å². The minimum atomic E-state index is -0.681. The van der Waals surface area contributed by atoms with E-state index in [9.17, 15) is 15.3 Å². The molecule has 0 radical (unpaired) electrons. The molecule has 8 atom stereocenters. The van der Waals surface area contributed by atoms with Crippen molar-refractivity contribution in [3.8, 4) is 0 Å². The van der Waals surface area contributed by atoms with E-state index >= 15 is 0 Å². The van der Waals surface area contributed by atoms with Gasteiger partial charge in [0, 0.05) is 18.8 Å². The van der Waals surface area contributed by atoms with Crippen LogP contribution >= 0.6 is 0 Å². The molecule has 4 heteroatoms. The van der Waals surface area contributed by atoms with Crippen molar-refractivity contribution in [3.05, 3.63) is 23.8 Å². The third kappa shape index (κ3) is 4.55. The predicted molar refractivity (Wildman–Crippen MR) is 123 cm³/mol. The Morgan fingerprint density at radius 2 is 1.77 bits per heavy atom. The highest BCUT2D eigenvalue weighted by Crippen LogP contribution is 2.60. The van der Waals surface area contributed by atoms with Crippen LogP contribution in [0.4, 0.5) is 0 Å². The largest absolute Gasteiger partial charge is 0.393 e. The van der Waals surface area contributed by atoms with Gasteiger partial charge in [0.25, 0.3) is 0 Å². The zero-order valence-corrected chi connectivity index (χ0v) is 20.2. The maximum absolute atomic E-state index is 10.3. The van der Waals surface area contributed by atoms with E-state index in [-0.39, 0.29) is 17.6 Å². The van der Waals surface area contributed by atoms with E-state index in [0.717, 1.165) is 6.42 Å². The minimum Gasteiger partial charge on any atom is -0.393 e. The highest BCUT2D eigenvalue weighted by molar-refractivity contribution is 5.26. The smallest absolute Gasteiger partial charge is 0.106 e. The summed E-state index contributed by atoms with van der Waals surface area (Å²) in [7, 11) is 0. The van der Waals surface area contributed by atoms with Gasteiger partial charge in [-0.1, -0.05) is 44.6 Å². The molecule has 3 N–H and O–H groups in total. The van der Waals surface area contributed by atoms with E-state index in [1.165, 1.54) is 25.7 Å². The van der Waals surface area contributed by atoms with Gasteiger partial charge in [-0.2, -0.15) is 0 Å². The number of allylic oxidation sites excluding steroid dienone is 2. The van der Waals surface area contributed by atoms with Crippen molar-refractivity contribution in [2.75, 3.05) is 0 Å². The van der Waals surface area contributed by atoms with Crippen LogP contribution in [0.2, 0.25) is 0 Å². The molecule has 1 aliphatic heterocycles. The maximum atomic E-state index is 10.3. The van der Waals surface area contributed by atoms with Crippen LogP contribution in [0, 0.1) is 29.1 Å². The third-order valence-corrected chi connectivity index (χ3v) is 9.39. The molecule has 0 aromatic carbocycles. The Balaban J connectivity index is 1.46. The Labute approximate surface area is 188 Å². The fraction of sp³-hybridized carbons (Fsp3) is 0.852. The van der Waals surface area contributed by atoms with Crippen molar-refractivity contribution in [1.82, 2.24) is 0 Å². The zero-order chi connectivity index (χ0) is 22.6. The van der Waals surface area contributed by atoms with Gasteiger partial charge in [0.2, 0.25) is 0 Å². The van der Waals surface area contributed by atoms with Crippen molar-refractivity contribution in [2.45, 2.75) is 115 Å². The van der Waals surface area contributed by atoms with E-state index in [2.05, 4.69) is 39.0 Å². The Morgan fingerprint density at radius 1 is 1.10 bits per heavy atom. The second kappa shape index (κ2) is 8.27. The normalized spacial score (nSPS) is 46.5. The molecule has 3 saturated carbocycles. The first-order chi connectivity index (χ1) is 14.4. The molecular weight excluding hydrogens is 388 g/mol. The average molecular weight is 433 g/mol. The summed E-state index contributed by atoms with van der Waals surface area (Å²) in [6, 6.07) is 0. The van der Waals surface area contributed by atoms with Crippen LogP contribution in [0.3, 0.4) is 0 Å². The number of hydrogen-bond donors (Lipinski definition) is 3. The van der Waals surface area contributed by atoms with Gasteiger partial charge in [0.15, 0.2) is 0 Å². The lowest BCUT2D eigenvalue weighted by Crippen LogP contribution is -2.37. The fourth-order valence-corrected chi connectivity index (χ4v) is 7.14. The van der Waals surface area contributed by atoms with Crippen LogP contribution in [0.1, 0.15) is 86.0 Å². The zero-order valence-electron chi connectivity index (χ0n) is 20.2. The first-order valence-electron chi connectivity index (χ1n) is 12.6. The lowest BCUT2D eigenvalue weighted by atomic mass is 9.61. The fourth-order valence-electron chi connectivity index (χ4n) is 7.14. The number of fused-ring (bicyclic) bond motifs is 1. The summed E-state index contributed by atoms with van der Waals surface area (Å²) in [5, 5.41) is 30.5. The van der Waals surface area contributed by atoms with Crippen LogP contribution in [-0.4, -0.2) is 44.8 Å². The molecule has 0 amide bonds. The van der Waals surface area contributed by atoms with E-state index in [4.69, 9.17) is 4.74 Å². The number of hydrogen-bond acceptors (Lipinski definition) is 4. The summed E-state index contributed by atoms with van der Waals surface area (Å²) in [4.78, 5) is 0. The molecule has 1 unspecified atom stereocenters. The quantitative estimate of drug-likeness (QED) is 0.432. The number of ether oxygens (including phenoxy) is 1. The standard InChI is InChI=1S/C27H44O4/c1-17(8-9-18(2)25(3,4)30)22-10-11-23-19(7-6-12-26(22,23)5)13-24-27(31-24)15-20(28)14-21(29)16-27/h8-9,13,17-18,20-24,28-30H,6-7,10-12,14-16H2,1-5H3/b9-8+,19-13?/t17-,18+,20+,21+,22-,23+,24?,26-/m1/s1. The Morgan fingerprint density at radius 3 is 2.42 bits per heavy atom. The molecule has 31 heavy (non-hydrogen) atoms. The van der Waals surface area contributed by atoms with E-state index in [1.807, 2.05) is 13.8 Å². The summed E-state index contributed by atoms with van der Waals surface area (Å²) in [5.41, 5.74) is 0.881. The van der Waals surface area contributed by atoms with Gasteiger partial charge in [-0.25, -0.2) is 0 Å². The van der Waals surface area contributed by atoms with Crippen molar-refractivity contribution < 1.29 is 20.1 Å². The molecule has 4 rings (SSSR count). The summed E-state index contributed by atoms with van der Waals surface area (Å²) >= 11 is 0. The second-order valence-electron chi connectivity index (χ2n) is 12.1. The van der Waals surface area contributed by atoms with Gasteiger partial charge in [-0.15, -0.1) is 0 Å². The Kier molecular flexibility index (Phi) is 6.26. The molecule has 0 bridgehead atoms. The molecule has 1 saturated heterocycles. The summed E-state index contributed by atoms with van der Waals surface area (Å²) < 4.78 is 6.11. The highest BCUT2D eigenvalue weighted by Gasteiger charge is 2.59. The second-order valence-corrected chi connectivity index (χ2v) is 12.1. The molecule has 0 aromatic rings. The summed E-state index contributed by atoms with van der Waals surface area (Å²) in [5.74, 6) is 1.94. The van der Waals surface area contributed by atoms with E-state index in [1.54, 1.807) is 5.57 Å². The minimum absolute atomic E-state index is 0.0680. The van der Waals surface area contributed by atoms with Crippen LogP contribution in [-0.2, 0) is 4.74 Å². The van der Waals surface area contributed by atoms with Gasteiger partial charge in [0.05, 0.1) is 17.8 Å². The molecular formula is C27H44O4. The lowest BCUT2D eigenvalue weighted by molar-refractivity contribution is 0.00204. The molecule has 1 heterocycles. The third-order valence-electron chi connectivity index (χ3n) is 9.39. The lowest BCUT2D eigenvalue weighted by Gasteiger charge is -2.44. The number of epoxide rings is 1.